The zero-order valence-electron chi connectivity index (χ0n) is 13.7. The van der Waals surface area contributed by atoms with E-state index in [-0.39, 0.29) is 5.91 Å². The maximum atomic E-state index is 13.0. The van der Waals surface area contributed by atoms with E-state index in [2.05, 4.69) is 31.1 Å². The van der Waals surface area contributed by atoms with Crippen LogP contribution in [0.3, 0.4) is 0 Å². The van der Waals surface area contributed by atoms with Crippen molar-refractivity contribution in [3.8, 4) is 0 Å². The summed E-state index contributed by atoms with van der Waals surface area (Å²) in [5, 5.41) is 18.3. The molecule has 1 aliphatic rings. The van der Waals surface area contributed by atoms with Crippen LogP contribution in [-0.2, 0) is 4.79 Å². The maximum Gasteiger partial charge on any atom is 0.255 e. The number of amides is 1. The molecule has 2 aromatic heterocycles. The van der Waals surface area contributed by atoms with Gasteiger partial charge in [-0.1, -0.05) is 22.8 Å². The third-order valence-electron chi connectivity index (χ3n) is 4.06. The number of nitrogens with one attached hydrogen (secondary N) is 2. The number of hydrogen-bond acceptors (Lipinski definition) is 6. The summed E-state index contributed by atoms with van der Waals surface area (Å²) in [6, 6.07) is 10.1. The monoisotopic (exact) mass is 367 g/mol. The fourth-order valence-electron chi connectivity index (χ4n) is 2.88. The zero-order chi connectivity index (χ0) is 18.1. The second-order valence-electron chi connectivity index (χ2n) is 5.76. The van der Waals surface area contributed by atoms with Gasteiger partial charge in [0.2, 0.25) is 5.95 Å². The third kappa shape index (κ3) is 2.91. The SMILES string of the molecule is CC1=C(C(=O)Nc2ccc(Cl)cc2)[C@H](c2cccnc2)n2nnnc2N1. The van der Waals surface area contributed by atoms with Crippen LogP contribution >= 0.6 is 11.6 Å². The first kappa shape index (κ1) is 16.2. The molecule has 1 aromatic carbocycles. The Kier molecular flexibility index (Phi) is 4.10. The molecule has 0 spiro atoms. The van der Waals surface area contributed by atoms with Gasteiger partial charge in [-0.2, -0.15) is 4.68 Å². The predicted molar refractivity (Wildman–Crippen MR) is 96.6 cm³/mol. The van der Waals surface area contributed by atoms with Crippen molar-refractivity contribution in [2.24, 2.45) is 0 Å². The molecule has 0 saturated carbocycles. The first-order valence-corrected chi connectivity index (χ1v) is 8.24. The Morgan fingerprint density at radius 1 is 1.27 bits per heavy atom. The molecule has 1 atom stereocenters. The molecule has 0 saturated heterocycles. The smallest absolute Gasteiger partial charge is 0.255 e. The minimum atomic E-state index is -0.484. The number of rotatable bonds is 3. The number of tetrazole rings is 1. The number of nitrogens with zero attached hydrogens (tertiary/aromatic N) is 5. The van der Waals surface area contributed by atoms with E-state index in [0.717, 1.165) is 5.56 Å². The summed E-state index contributed by atoms with van der Waals surface area (Å²) >= 11 is 5.90. The maximum absolute atomic E-state index is 13.0. The van der Waals surface area contributed by atoms with E-state index in [1.807, 2.05) is 19.1 Å². The standard InChI is InChI=1S/C17H14ClN7O/c1-10-14(16(26)21-13-6-4-12(18)5-7-13)15(11-3-2-8-19-9-11)25-17(20-10)22-23-24-25/h2-9,15H,1H3,(H,21,26)(H,20,22,24)/t15-/m0/s1. The van der Waals surface area contributed by atoms with Crippen molar-refractivity contribution in [3.05, 3.63) is 70.6 Å². The van der Waals surface area contributed by atoms with E-state index in [1.54, 1.807) is 41.3 Å². The number of aromatic nitrogens is 5. The number of allylic oxidation sites excluding steroid dienone is 1. The van der Waals surface area contributed by atoms with Crippen LogP contribution in [0.2, 0.25) is 5.02 Å². The van der Waals surface area contributed by atoms with Gasteiger partial charge in [-0.05, 0) is 53.2 Å². The molecule has 0 bridgehead atoms. The molecule has 1 amide bonds. The molecule has 3 aromatic rings. The highest BCUT2D eigenvalue weighted by Crippen LogP contribution is 2.34. The fraction of sp³-hybridized carbons (Fsp3) is 0.118. The topological polar surface area (TPSA) is 97.6 Å². The number of carbonyl (C=O) groups excluding carboxylic acids is 1. The van der Waals surface area contributed by atoms with Crippen LogP contribution in [0, 0.1) is 0 Å². The molecular weight excluding hydrogens is 354 g/mol. The van der Waals surface area contributed by atoms with Gasteiger partial charge in [-0.15, -0.1) is 0 Å². The lowest BCUT2D eigenvalue weighted by atomic mass is 9.96. The number of anilines is 2. The van der Waals surface area contributed by atoms with E-state index < -0.39 is 6.04 Å². The lowest BCUT2D eigenvalue weighted by Crippen LogP contribution is -2.31. The summed E-state index contributed by atoms with van der Waals surface area (Å²) in [7, 11) is 0. The van der Waals surface area contributed by atoms with Crippen LogP contribution in [0.4, 0.5) is 11.6 Å². The van der Waals surface area contributed by atoms with Gasteiger partial charge in [-0.3, -0.25) is 9.78 Å². The summed E-state index contributed by atoms with van der Waals surface area (Å²) in [6.45, 7) is 1.82. The van der Waals surface area contributed by atoms with Crippen LogP contribution in [0.15, 0.2) is 60.1 Å². The van der Waals surface area contributed by atoms with E-state index in [1.165, 1.54) is 0 Å². The molecule has 3 heterocycles. The van der Waals surface area contributed by atoms with E-state index in [4.69, 9.17) is 11.6 Å². The molecule has 9 heteroatoms. The normalized spacial score (nSPS) is 16.0. The lowest BCUT2D eigenvalue weighted by molar-refractivity contribution is -0.113. The molecule has 130 valence electrons. The zero-order valence-corrected chi connectivity index (χ0v) is 14.5. The second-order valence-corrected chi connectivity index (χ2v) is 6.20. The van der Waals surface area contributed by atoms with Gasteiger partial charge in [0.1, 0.15) is 6.04 Å². The fourth-order valence-corrected chi connectivity index (χ4v) is 3.01. The number of hydrogen-bond donors (Lipinski definition) is 2. The van der Waals surface area contributed by atoms with Crippen molar-refractivity contribution in [2.45, 2.75) is 13.0 Å². The molecule has 26 heavy (non-hydrogen) atoms. The Morgan fingerprint density at radius 3 is 2.81 bits per heavy atom. The molecular formula is C17H14ClN7O. The van der Waals surface area contributed by atoms with Gasteiger partial charge in [0.25, 0.3) is 5.91 Å². The van der Waals surface area contributed by atoms with Crippen molar-refractivity contribution in [1.82, 2.24) is 25.2 Å². The van der Waals surface area contributed by atoms with Crippen LogP contribution in [0.25, 0.3) is 0 Å². The first-order chi connectivity index (χ1) is 12.6. The summed E-state index contributed by atoms with van der Waals surface area (Å²) in [6.07, 6.45) is 3.37. The van der Waals surface area contributed by atoms with Gasteiger partial charge in [-0.25, -0.2) is 0 Å². The Bertz CT molecular complexity index is 982. The molecule has 4 rings (SSSR count). The highest BCUT2D eigenvalue weighted by molar-refractivity contribution is 6.30. The average Bonchev–Trinajstić information content (AvgIpc) is 3.11. The van der Waals surface area contributed by atoms with Crippen molar-refractivity contribution in [2.75, 3.05) is 10.6 Å². The highest BCUT2D eigenvalue weighted by atomic mass is 35.5. The second kappa shape index (κ2) is 6.57. The van der Waals surface area contributed by atoms with Crippen LogP contribution < -0.4 is 10.6 Å². The van der Waals surface area contributed by atoms with Crippen molar-refractivity contribution >= 4 is 29.1 Å². The number of fused-ring (bicyclic) bond motifs is 1. The Morgan fingerprint density at radius 2 is 2.08 bits per heavy atom. The molecule has 1 aliphatic heterocycles. The number of halogens is 1. The van der Waals surface area contributed by atoms with Gasteiger partial charge in [0.05, 0.1) is 5.57 Å². The molecule has 2 N–H and O–H groups in total. The van der Waals surface area contributed by atoms with Crippen molar-refractivity contribution in [1.29, 1.82) is 0 Å². The van der Waals surface area contributed by atoms with Crippen LogP contribution in [0.1, 0.15) is 18.5 Å². The van der Waals surface area contributed by atoms with Crippen molar-refractivity contribution in [3.63, 3.8) is 0 Å². The van der Waals surface area contributed by atoms with Crippen LogP contribution in [-0.4, -0.2) is 31.1 Å². The molecule has 0 radical (unpaired) electrons. The van der Waals surface area contributed by atoms with Gasteiger partial charge in [0, 0.05) is 28.8 Å². The van der Waals surface area contributed by atoms with E-state index >= 15 is 0 Å². The summed E-state index contributed by atoms with van der Waals surface area (Å²) in [5.41, 5.74) is 2.63. The quantitative estimate of drug-likeness (QED) is 0.738. The molecule has 0 unspecified atom stereocenters. The van der Waals surface area contributed by atoms with Gasteiger partial charge >= 0.3 is 0 Å². The summed E-state index contributed by atoms with van der Waals surface area (Å²) < 4.78 is 1.57. The van der Waals surface area contributed by atoms with Crippen molar-refractivity contribution < 1.29 is 4.79 Å². The minimum Gasteiger partial charge on any atom is -0.326 e. The summed E-state index contributed by atoms with van der Waals surface area (Å²) in [4.78, 5) is 17.2. The number of benzene rings is 1. The van der Waals surface area contributed by atoms with E-state index in [9.17, 15) is 4.79 Å². The molecule has 8 nitrogen and oxygen atoms in total. The molecule has 0 aliphatic carbocycles. The number of pyridine rings is 1. The average molecular weight is 368 g/mol. The predicted octanol–water partition coefficient (Wildman–Crippen LogP) is 2.65. The Hall–Kier alpha value is -3.26. The summed E-state index contributed by atoms with van der Waals surface area (Å²) in [5.74, 6) is 0.215. The van der Waals surface area contributed by atoms with Crippen LogP contribution in [0.5, 0.6) is 0 Å². The number of carbonyl (C=O) groups is 1. The van der Waals surface area contributed by atoms with Gasteiger partial charge < -0.3 is 10.6 Å². The lowest BCUT2D eigenvalue weighted by Gasteiger charge is -2.27. The minimum absolute atomic E-state index is 0.257. The molecule has 0 fully saturated rings. The van der Waals surface area contributed by atoms with Gasteiger partial charge in [0.15, 0.2) is 0 Å². The van der Waals surface area contributed by atoms with E-state index in [0.29, 0.717) is 27.9 Å². The Labute approximate surface area is 153 Å². The highest BCUT2D eigenvalue weighted by Gasteiger charge is 2.34. The third-order valence-corrected chi connectivity index (χ3v) is 4.31. The first-order valence-electron chi connectivity index (χ1n) is 7.86. The largest absolute Gasteiger partial charge is 0.326 e. The Balaban J connectivity index is 1.74.